The van der Waals surface area contributed by atoms with E-state index in [-0.39, 0.29) is 5.56 Å². The number of hydrogen-bond donors (Lipinski definition) is 2. The number of pyridine rings is 1. The van der Waals surface area contributed by atoms with Gasteiger partial charge in [0.15, 0.2) is 5.01 Å². The van der Waals surface area contributed by atoms with Crippen LogP contribution in [0.15, 0.2) is 23.1 Å². The Morgan fingerprint density at radius 1 is 1.50 bits per heavy atom. The zero-order valence-corrected chi connectivity index (χ0v) is 9.67. The van der Waals surface area contributed by atoms with Crippen LogP contribution >= 0.6 is 11.3 Å². The van der Waals surface area contributed by atoms with Gasteiger partial charge in [-0.1, -0.05) is 18.3 Å². The fourth-order valence-corrected chi connectivity index (χ4v) is 2.02. The monoisotopic (exact) mass is 236 g/mol. The van der Waals surface area contributed by atoms with Crippen molar-refractivity contribution < 1.29 is 0 Å². The molecule has 0 aliphatic rings. The van der Waals surface area contributed by atoms with Crippen molar-refractivity contribution in [1.82, 2.24) is 15.2 Å². The Morgan fingerprint density at radius 2 is 2.38 bits per heavy atom. The van der Waals surface area contributed by atoms with E-state index in [2.05, 4.69) is 27.4 Å². The van der Waals surface area contributed by atoms with Crippen molar-refractivity contribution in [3.63, 3.8) is 0 Å². The number of anilines is 1. The standard InChI is InChI=1S/C10H12N4OS/c1-2-5-12-10-14-13-9(16-10)7-4-3-6-11-8(7)15/h3-4,6H,2,5H2,1H3,(H,11,15)(H,12,14). The second kappa shape index (κ2) is 4.89. The van der Waals surface area contributed by atoms with Crippen molar-refractivity contribution in [2.45, 2.75) is 13.3 Å². The number of H-pyrrole nitrogens is 1. The molecule has 0 amide bonds. The van der Waals surface area contributed by atoms with Crippen LogP contribution in [-0.4, -0.2) is 21.7 Å². The summed E-state index contributed by atoms with van der Waals surface area (Å²) < 4.78 is 0. The van der Waals surface area contributed by atoms with E-state index < -0.39 is 0 Å². The van der Waals surface area contributed by atoms with Gasteiger partial charge in [-0.15, -0.1) is 10.2 Å². The molecule has 84 valence electrons. The minimum absolute atomic E-state index is 0.138. The maximum Gasteiger partial charge on any atom is 0.258 e. The zero-order chi connectivity index (χ0) is 11.4. The molecule has 0 saturated heterocycles. The van der Waals surface area contributed by atoms with E-state index >= 15 is 0 Å². The molecule has 0 atom stereocenters. The van der Waals surface area contributed by atoms with Crippen molar-refractivity contribution in [3.05, 3.63) is 28.7 Å². The molecular weight excluding hydrogens is 224 g/mol. The second-order valence-electron chi connectivity index (χ2n) is 3.25. The van der Waals surface area contributed by atoms with Gasteiger partial charge in [-0.2, -0.15) is 0 Å². The van der Waals surface area contributed by atoms with Gasteiger partial charge in [-0.25, -0.2) is 0 Å². The van der Waals surface area contributed by atoms with Crippen LogP contribution in [0.3, 0.4) is 0 Å². The molecule has 0 aliphatic heterocycles. The molecule has 0 spiro atoms. The average molecular weight is 236 g/mol. The number of nitrogens with one attached hydrogen (secondary N) is 2. The van der Waals surface area contributed by atoms with Crippen LogP contribution < -0.4 is 10.9 Å². The lowest BCUT2D eigenvalue weighted by Crippen LogP contribution is -2.06. The number of aromatic amines is 1. The van der Waals surface area contributed by atoms with Crippen LogP contribution in [0.5, 0.6) is 0 Å². The maximum absolute atomic E-state index is 11.5. The lowest BCUT2D eigenvalue weighted by molar-refractivity contribution is 0.963. The molecule has 2 aromatic rings. The quantitative estimate of drug-likeness (QED) is 0.848. The topological polar surface area (TPSA) is 70.7 Å². The molecule has 2 heterocycles. The molecule has 2 aromatic heterocycles. The summed E-state index contributed by atoms with van der Waals surface area (Å²) in [4.78, 5) is 14.1. The molecule has 2 rings (SSSR count). The number of aromatic nitrogens is 3. The minimum atomic E-state index is -0.138. The van der Waals surface area contributed by atoms with Gasteiger partial charge in [-0.05, 0) is 18.6 Å². The molecule has 6 heteroatoms. The molecule has 0 saturated carbocycles. The fraction of sp³-hybridized carbons (Fsp3) is 0.300. The highest BCUT2D eigenvalue weighted by Crippen LogP contribution is 2.23. The molecule has 0 fully saturated rings. The summed E-state index contributed by atoms with van der Waals surface area (Å²) in [5, 5.41) is 12.5. The molecule has 0 unspecified atom stereocenters. The summed E-state index contributed by atoms with van der Waals surface area (Å²) in [5.74, 6) is 0. The highest BCUT2D eigenvalue weighted by Gasteiger charge is 2.08. The molecule has 0 radical (unpaired) electrons. The highest BCUT2D eigenvalue weighted by atomic mass is 32.1. The van der Waals surface area contributed by atoms with Crippen LogP contribution in [0, 0.1) is 0 Å². The largest absolute Gasteiger partial charge is 0.360 e. The van der Waals surface area contributed by atoms with Gasteiger partial charge >= 0.3 is 0 Å². The van der Waals surface area contributed by atoms with E-state index in [0.29, 0.717) is 10.6 Å². The van der Waals surface area contributed by atoms with Gasteiger partial charge in [0.25, 0.3) is 5.56 Å². The van der Waals surface area contributed by atoms with E-state index in [1.165, 1.54) is 11.3 Å². The second-order valence-corrected chi connectivity index (χ2v) is 4.23. The van der Waals surface area contributed by atoms with Gasteiger partial charge < -0.3 is 10.3 Å². The molecule has 0 bridgehead atoms. The van der Waals surface area contributed by atoms with Crippen LogP contribution in [0.4, 0.5) is 5.13 Å². The Labute approximate surface area is 96.6 Å². The van der Waals surface area contributed by atoms with Crippen LogP contribution in [0.2, 0.25) is 0 Å². The predicted octanol–water partition coefficient (Wildman–Crippen LogP) is 1.72. The lowest BCUT2D eigenvalue weighted by Gasteiger charge is -1.95. The number of hydrogen-bond acceptors (Lipinski definition) is 5. The van der Waals surface area contributed by atoms with E-state index in [1.54, 1.807) is 18.3 Å². The van der Waals surface area contributed by atoms with Crippen molar-refractivity contribution in [3.8, 4) is 10.6 Å². The Bertz CT molecular complexity index is 519. The summed E-state index contributed by atoms with van der Waals surface area (Å²) >= 11 is 1.39. The maximum atomic E-state index is 11.5. The van der Waals surface area contributed by atoms with Crippen LogP contribution in [0.25, 0.3) is 10.6 Å². The Hall–Kier alpha value is -1.69. The summed E-state index contributed by atoms with van der Waals surface area (Å²) in [5.41, 5.74) is 0.422. The first-order valence-electron chi connectivity index (χ1n) is 5.06. The Morgan fingerprint density at radius 3 is 3.12 bits per heavy atom. The summed E-state index contributed by atoms with van der Waals surface area (Å²) in [6, 6.07) is 3.51. The molecule has 5 nitrogen and oxygen atoms in total. The van der Waals surface area contributed by atoms with Crippen LogP contribution in [-0.2, 0) is 0 Å². The summed E-state index contributed by atoms with van der Waals surface area (Å²) in [6.07, 6.45) is 2.63. The van der Waals surface area contributed by atoms with Crippen molar-refractivity contribution in [1.29, 1.82) is 0 Å². The number of rotatable bonds is 4. The fourth-order valence-electron chi connectivity index (χ4n) is 1.23. The predicted molar refractivity (Wildman–Crippen MR) is 64.7 cm³/mol. The third-order valence-corrected chi connectivity index (χ3v) is 2.91. The highest BCUT2D eigenvalue weighted by molar-refractivity contribution is 7.18. The van der Waals surface area contributed by atoms with E-state index in [1.807, 2.05) is 0 Å². The first-order chi connectivity index (χ1) is 7.81. The van der Waals surface area contributed by atoms with Gasteiger partial charge in [0.1, 0.15) is 0 Å². The minimum Gasteiger partial charge on any atom is -0.360 e. The zero-order valence-electron chi connectivity index (χ0n) is 8.86. The SMILES string of the molecule is CCCNc1nnc(-c2ccc[nH]c2=O)s1. The normalized spacial score (nSPS) is 10.3. The lowest BCUT2D eigenvalue weighted by atomic mass is 10.3. The van der Waals surface area contributed by atoms with E-state index in [4.69, 9.17) is 0 Å². The van der Waals surface area contributed by atoms with Crippen molar-refractivity contribution in [2.75, 3.05) is 11.9 Å². The summed E-state index contributed by atoms with van der Waals surface area (Å²) in [7, 11) is 0. The molecular formula is C10H12N4OS. The molecule has 0 aliphatic carbocycles. The van der Waals surface area contributed by atoms with Crippen molar-refractivity contribution in [2.24, 2.45) is 0 Å². The van der Waals surface area contributed by atoms with Gasteiger partial charge in [0, 0.05) is 12.7 Å². The summed E-state index contributed by atoms with van der Waals surface area (Å²) in [6.45, 7) is 2.94. The first-order valence-corrected chi connectivity index (χ1v) is 5.88. The molecule has 2 N–H and O–H groups in total. The third kappa shape index (κ3) is 2.27. The van der Waals surface area contributed by atoms with Crippen molar-refractivity contribution >= 4 is 16.5 Å². The molecule has 16 heavy (non-hydrogen) atoms. The van der Waals surface area contributed by atoms with Gasteiger partial charge in [-0.3, -0.25) is 4.79 Å². The van der Waals surface area contributed by atoms with Crippen LogP contribution in [0.1, 0.15) is 13.3 Å². The Balaban J connectivity index is 2.25. The van der Waals surface area contributed by atoms with E-state index in [0.717, 1.165) is 18.1 Å². The van der Waals surface area contributed by atoms with Gasteiger partial charge in [0.2, 0.25) is 5.13 Å². The smallest absolute Gasteiger partial charge is 0.258 e. The number of nitrogens with zero attached hydrogens (tertiary/aromatic N) is 2. The molecule has 0 aromatic carbocycles. The van der Waals surface area contributed by atoms with Gasteiger partial charge in [0.05, 0.1) is 5.56 Å². The third-order valence-electron chi connectivity index (χ3n) is 2.00. The first kappa shape index (κ1) is 10.8. The Kier molecular flexibility index (Phi) is 3.31. The van der Waals surface area contributed by atoms with E-state index in [9.17, 15) is 4.79 Å². The average Bonchev–Trinajstić information content (AvgIpc) is 2.75.